The van der Waals surface area contributed by atoms with Gasteiger partial charge in [0, 0.05) is 12.1 Å². The third-order valence-corrected chi connectivity index (χ3v) is 3.57. The molecule has 2 aliphatic carbocycles. The minimum Gasteiger partial charge on any atom is -0.328 e. The first-order valence-corrected chi connectivity index (χ1v) is 5.83. The minimum absolute atomic E-state index is 0.512. The zero-order valence-electron chi connectivity index (χ0n) is 8.47. The molecule has 2 fully saturated rings. The molecule has 0 amide bonds. The second-order valence-corrected chi connectivity index (χ2v) is 4.84. The van der Waals surface area contributed by atoms with Gasteiger partial charge in [0.1, 0.15) is 0 Å². The van der Waals surface area contributed by atoms with E-state index in [1.807, 2.05) is 0 Å². The molecule has 0 aromatic carbocycles. The lowest BCUT2D eigenvalue weighted by molar-refractivity contribution is 0.237. The fourth-order valence-corrected chi connectivity index (χ4v) is 2.59. The summed E-state index contributed by atoms with van der Waals surface area (Å²) in [5.41, 5.74) is 5.75. The van der Waals surface area contributed by atoms with Crippen molar-refractivity contribution in [1.29, 1.82) is 0 Å². The molecule has 2 saturated carbocycles. The van der Waals surface area contributed by atoms with E-state index in [1.54, 1.807) is 0 Å². The Morgan fingerprint density at radius 2 is 1.77 bits per heavy atom. The highest BCUT2D eigenvalue weighted by Gasteiger charge is 2.26. The summed E-state index contributed by atoms with van der Waals surface area (Å²) in [6, 6.07) is 1.34. The van der Waals surface area contributed by atoms with Gasteiger partial charge in [0.15, 0.2) is 0 Å². The first kappa shape index (κ1) is 9.47. The Bertz CT molecular complexity index is 146. The van der Waals surface area contributed by atoms with Crippen molar-refractivity contribution in [3.8, 4) is 0 Å². The molecule has 76 valence electrons. The van der Waals surface area contributed by atoms with Crippen LogP contribution in [0, 0.1) is 5.92 Å². The van der Waals surface area contributed by atoms with E-state index in [0.29, 0.717) is 6.04 Å². The molecule has 2 aliphatic rings. The molecule has 0 spiro atoms. The first-order valence-electron chi connectivity index (χ1n) is 5.83. The van der Waals surface area contributed by atoms with Gasteiger partial charge >= 0.3 is 0 Å². The van der Waals surface area contributed by atoms with Crippen molar-refractivity contribution in [3.63, 3.8) is 0 Å². The fraction of sp³-hybridized carbons (Fsp3) is 1.00. The van der Waals surface area contributed by atoms with Crippen molar-refractivity contribution in [2.75, 3.05) is 6.54 Å². The second-order valence-electron chi connectivity index (χ2n) is 4.84. The number of rotatable bonds is 3. The van der Waals surface area contributed by atoms with Gasteiger partial charge in [0.25, 0.3) is 0 Å². The molecule has 2 rings (SSSR count). The molecule has 0 aromatic rings. The van der Waals surface area contributed by atoms with E-state index in [1.165, 1.54) is 51.5 Å². The van der Waals surface area contributed by atoms with Crippen LogP contribution in [0.4, 0.5) is 0 Å². The maximum atomic E-state index is 5.75. The van der Waals surface area contributed by atoms with E-state index in [-0.39, 0.29) is 0 Å². The summed E-state index contributed by atoms with van der Waals surface area (Å²) in [5, 5.41) is 3.69. The normalized spacial score (nSPS) is 35.8. The van der Waals surface area contributed by atoms with E-state index in [4.69, 9.17) is 5.73 Å². The van der Waals surface area contributed by atoms with Crippen molar-refractivity contribution in [2.45, 2.75) is 57.0 Å². The molecule has 0 aromatic heterocycles. The van der Waals surface area contributed by atoms with Crippen LogP contribution in [0.3, 0.4) is 0 Å². The Balaban J connectivity index is 1.56. The molecule has 2 nitrogen and oxygen atoms in total. The zero-order chi connectivity index (χ0) is 9.10. The molecule has 0 bridgehead atoms. The predicted octanol–water partition coefficient (Wildman–Crippen LogP) is 1.65. The molecule has 13 heavy (non-hydrogen) atoms. The Morgan fingerprint density at radius 1 is 1.08 bits per heavy atom. The van der Waals surface area contributed by atoms with Gasteiger partial charge in [-0.3, -0.25) is 0 Å². The Hall–Kier alpha value is -0.0800. The number of nitrogens with two attached hydrogens (primary N) is 1. The molecule has 0 unspecified atom stereocenters. The quantitative estimate of drug-likeness (QED) is 0.696. The van der Waals surface area contributed by atoms with Gasteiger partial charge in [-0.25, -0.2) is 0 Å². The fourth-order valence-electron chi connectivity index (χ4n) is 2.59. The van der Waals surface area contributed by atoms with Crippen LogP contribution in [0.25, 0.3) is 0 Å². The average molecular weight is 182 g/mol. The molecule has 0 saturated heterocycles. The van der Waals surface area contributed by atoms with Gasteiger partial charge in [0.05, 0.1) is 0 Å². The van der Waals surface area contributed by atoms with Crippen LogP contribution in [-0.4, -0.2) is 18.6 Å². The van der Waals surface area contributed by atoms with E-state index >= 15 is 0 Å². The summed E-state index contributed by atoms with van der Waals surface area (Å²) >= 11 is 0. The van der Waals surface area contributed by atoms with Gasteiger partial charge < -0.3 is 11.1 Å². The maximum Gasteiger partial charge on any atom is 0.00671 e. The largest absolute Gasteiger partial charge is 0.328 e. The summed E-state index contributed by atoms with van der Waals surface area (Å²) in [4.78, 5) is 0. The lowest BCUT2D eigenvalue weighted by atomic mass is 9.80. The SMILES string of the molecule is NC1CC(CNC2CCCCC2)C1. The Labute approximate surface area is 81.3 Å². The predicted molar refractivity (Wildman–Crippen MR) is 55.6 cm³/mol. The van der Waals surface area contributed by atoms with Crippen LogP contribution < -0.4 is 11.1 Å². The molecule has 0 aliphatic heterocycles. The minimum atomic E-state index is 0.512. The van der Waals surface area contributed by atoms with E-state index in [9.17, 15) is 0 Å². The lowest BCUT2D eigenvalue weighted by Gasteiger charge is -2.34. The number of hydrogen-bond acceptors (Lipinski definition) is 2. The van der Waals surface area contributed by atoms with Crippen molar-refractivity contribution in [2.24, 2.45) is 11.7 Å². The summed E-state index contributed by atoms with van der Waals surface area (Å²) in [5.74, 6) is 0.886. The topological polar surface area (TPSA) is 38.0 Å². The maximum absolute atomic E-state index is 5.75. The van der Waals surface area contributed by atoms with Crippen LogP contribution in [0.15, 0.2) is 0 Å². The monoisotopic (exact) mass is 182 g/mol. The molecular weight excluding hydrogens is 160 g/mol. The molecule has 0 atom stereocenters. The smallest absolute Gasteiger partial charge is 0.00671 e. The van der Waals surface area contributed by atoms with Crippen molar-refractivity contribution in [3.05, 3.63) is 0 Å². The van der Waals surface area contributed by atoms with Gasteiger partial charge in [0.2, 0.25) is 0 Å². The number of nitrogens with one attached hydrogen (secondary N) is 1. The Kier molecular flexibility index (Phi) is 3.23. The van der Waals surface area contributed by atoms with Gasteiger partial charge in [-0.1, -0.05) is 19.3 Å². The van der Waals surface area contributed by atoms with E-state index in [2.05, 4.69) is 5.32 Å². The molecule has 0 heterocycles. The highest BCUT2D eigenvalue weighted by Crippen LogP contribution is 2.25. The lowest BCUT2D eigenvalue weighted by Crippen LogP contribution is -2.44. The zero-order valence-corrected chi connectivity index (χ0v) is 8.47. The van der Waals surface area contributed by atoms with Gasteiger partial charge in [-0.15, -0.1) is 0 Å². The van der Waals surface area contributed by atoms with Gasteiger partial charge in [-0.05, 0) is 38.1 Å². The molecular formula is C11H22N2. The standard InChI is InChI=1S/C11H22N2/c12-10-6-9(7-10)8-13-11-4-2-1-3-5-11/h9-11,13H,1-8,12H2. The molecule has 0 radical (unpaired) electrons. The highest BCUT2D eigenvalue weighted by molar-refractivity contribution is 4.84. The van der Waals surface area contributed by atoms with Crippen molar-refractivity contribution >= 4 is 0 Å². The van der Waals surface area contributed by atoms with Crippen molar-refractivity contribution in [1.82, 2.24) is 5.32 Å². The summed E-state index contributed by atoms with van der Waals surface area (Å²) in [6.45, 7) is 1.22. The second kappa shape index (κ2) is 4.43. The first-order chi connectivity index (χ1) is 6.34. The van der Waals surface area contributed by atoms with E-state index < -0.39 is 0 Å². The molecule has 2 heteroatoms. The summed E-state index contributed by atoms with van der Waals surface area (Å²) in [7, 11) is 0. The Morgan fingerprint density at radius 3 is 2.38 bits per heavy atom. The van der Waals surface area contributed by atoms with Crippen molar-refractivity contribution < 1.29 is 0 Å². The van der Waals surface area contributed by atoms with Crippen LogP contribution in [0.2, 0.25) is 0 Å². The molecule has 3 N–H and O–H groups in total. The third kappa shape index (κ3) is 2.68. The van der Waals surface area contributed by atoms with Crippen LogP contribution >= 0.6 is 0 Å². The van der Waals surface area contributed by atoms with Crippen LogP contribution in [-0.2, 0) is 0 Å². The summed E-state index contributed by atoms with van der Waals surface area (Å²) in [6.07, 6.45) is 9.62. The van der Waals surface area contributed by atoms with Crippen LogP contribution in [0.1, 0.15) is 44.9 Å². The van der Waals surface area contributed by atoms with E-state index in [0.717, 1.165) is 12.0 Å². The summed E-state index contributed by atoms with van der Waals surface area (Å²) < 4.78 is 0. The third-order valence-electron chi connectivity index (χ3n) is 3.57. The highest BCUT2D eigenvalue weighted by atomic mass is 14.9. The van der Waals surface area contributed by atoms with Gasteiger partial charge in [-0.2, -0.15) is 0 Å². The number of hydrogen-bond donors (Lipinski definition) is 2. The van der Waals surface area contributed by atoms with Crippen LogP contribution in [0.5, 0.6) is 0 Å². The average Bonchev–Trinajstić information content (AvgIpc) is 2.12.